The highest BCUT2D eigenvalue weighted by Gasteiger charge is 2.16. The fraction of sp³-hybridized carbons (Fsp3) is 0. The molecule has 0 amide bonds. The van der Waals surface area contributed by atoms with Crippen molar-refractivity contribution >= 4 is 16.9 Å². The summed E-state index contributed by atoms with van der Waals surface area (Å²) in [5.74, 6) is 0.619. The maximum Gasteiger partial charge on any atom is 0.150 e. The molecule has 22 heavy (non-hydrogen) atoms. The quantitative estimate of drug-likeness (QED) is 0.529. The Morgan fingerprint density at radius 2 is 2.09 bits per heavy atom. The SMILES string of the molecule is Nc1ncnc2c1c(-c1cccc(O)c1)cn2-c1cc[nH]c1. The zero-order valence-electron chi connectivity index (χ0n) is 11.6. The van der Waals surface area contributed by atoms with Crippen molar-refractivity contribution in [2.75, 3.05) is 5.73 Å². The summed E-state index contributed by atoms with van der Waals surface area (Å²) in [7, 11) is 0. The van der Waals surface area contributed by atoms with Crippen molar-refractivity contribution < 1.29 is 5.11 Å². The number of nitrogens with one attached hydrogen (secondary N) is 1. The molecule has 3 aromatic heterocycles. The largest absolute Gasteiger partial charge is 0.508 e. The molecule has 4 N–H and O–H groups in total. The number of benzene rings is 1. The van der Waals surface area contributed by atoms with Crippen LogP contribution in [0, 0.1) is 0 Å². The first-order chi connectivity index (χ1) is 10.7. The molecule has 0 atom stereocenters. The van der Waals surface area contributed by atoms with Gasteiger partial charge in [-0.2, -0.15) is 0 Å². The van der Waals surface area contributed by atoms with Crippen LogP contribution in [0.4, 0.5) is 5.82 Å². The van der Waals surface area contributed by atoms with Crippen LogP contribution in [0.2, 0.25) is 0 Å². The van der Waals surface area contributed by atoms with Crippen LogP contribution < -0.4 is 5.73 Å². The van der Waals surface area contributed by atoms with E-state index in [0.29, 0.717) is 5.82 Å². The number of hydrogen-bond donors (Lipinski definition) is 3. The first-order valence-electron chi connectivity index (χ1n) is 6.78. The summed E-state index contributed by atoms with van der Waals surface area (Å²) in [5.41, 5.74) is 9.49. The van der Waals surface area contributed by atoms with Crippen LogP contribution in [0.3, 0.4) is 0 Å². The minimum Gasteiger partial charge on any atom is -0.508 e. The van der Waals surface area contributed by atoms with Crippen molar-refractivity contribution in [3.8, 4) is 22.6 Å². The van der Waals surface area contributed by atoms with Gasteiger partial charge >= 0.3 is 0 Å². The molecule has 0 fully saturated rings. The van der Waals surface area contributed by atoms with Gasteiger partial charge in [0, 0.05) is 24.2 Å². The van der Waals surface area contributed by atoms with Gasteiger partial charge < -0.3 is 15.8 Å². The Morgan fingerprint density at radius 1 is 1.18 bits per heavy atom. The number of rotatable bonds is 2. The van der Waals surface area contributed by atoms with Gasteiger partial charge in [0.2, 0.25) is 0 Å². The van der Waals surface area contributed by atoms with E-state index in [-0.39, 0.29) is 5.75 Å². The van der Waals surface area contributed by atoms with E-state index in [9.17, 15) is 5.11 Å². The van der Waals surface area contributed by atoms with Crippen LogP contribution in [0.25, 0.3) is 27.8 Å². The Morgan fingerprint density at radius 3 is 2.86 bits per heavy atom. The highest BCUT2D eigenvalue weighted by Crippen LogP contribution is 2.35. The molecule has 4 aromatic rings. The molecule has 0 bridgehead atoms. The standard InChI is InChI=1S/C16H13N5O/c17-15-14-13(10-2-1-3-12(22)6-10)8-21(11-4-5-18-7-11)16(14)20-9-19-15/h1-9,18,22H,(H2,17,19,20). The number of aromatic nitrogens is 4. The van der Waals surface area contributed by atoms with E-state index < -0.39 is 0 Å². The minimum absolute atomic E-state index is 0.204. The second kappa shape index (κ2) is 4.63. The molecule has 3 heterocycles. The van der Waals surface area contributed by atoms with Gasteiger partial charge in [0.1, 0.15) is 17.9 Å². The molecule has 4 rings (SSSR count). The van der Waals surface area contributed by atoms with Crippen molar-refractivity contribution in [3.05, 3.63) is 55.2 Å². The van der Waals surface area contributed by atoms with Crippen molar-refractivity contribution in [1.29, 1.82) is 0 Å². The maximum atomic E-state index is 9.73. The highest BCUT2D eigenvalue weighted by atomic mass is 16.3. The van der Waals surface area contributed by atoms with Gasteiger partial charge in [-0.25, -0.2) is 9.97 Å². The Labute approximate surface area is 125 Å². The normalized spacial score (nSPS) is 11.1. The molecule has 6 heteroatoms. The average molecular weight is 291 g/mol. The lowest BCUT2D eigenvalue weighted by Crippen LogP contribution is -1.95. The number of hydrogen-bond acceptors (Lipinski definition) is 4. The third-order valence-corrected chi connectivity index (χ3v) is 3.63. The van der Waals surface area contributed by atoms with Crippen LogP contribution in [-0.2, 0) is 0 Å². The lowest BCUT2D eigenvalue weighted by molar-refractivity contribution is 0.475. The number of nitrogen functional groups attached to an aromatic ring is 1. The first-order valence-corrected chi connectivity index (χ1v) is 6.78. The molecule has 0 spiro atoms. The summed E-state index contributed by atoms with van der Waals surface area (Å²) in [6.07, 6.45) is 7.13. The second-order valence-electron chi connectivity index (χ2n) is 4.99. The first kappa shape index (κ1) is 12.5. The number of nitrogens with two attached hydrogens (primary N) is 1. The van der Waals surface area contributed by atoms with Gasteiger partial charge in [-0.05, 0) is 23.8 Å². The van der Waals surface area contributed by atoms with Gasteiger partial charge in [-0.1, -0.05) is 12.1 Å². The van der Waals surface area contributed by atoms with E-state index in [1.165, 1.54) is 6.33 Å². The number of aromatic hydroxyl groups is 1. The monoisotopic (exact) mass is 291 g/mol. The lowest BCUT2D eigenvalue weighted by Gasteiger charge is -2.01. The summed E-state index contributed by atoms with van der Waals surface area (Å²) >= 11 is 0. The van der Waals surface area contributed by atoms with E-state index >= 15 is 0 Å². The number of phenols is 1. The van der Waals surface area contributed by atoms with Crippen molar-refractivity contribution in [1.82, 2.24) is 19.5 Å². The highest BCUT2D eigenvalue weighted by molar-refractivity contribution is 6.01. The van der Waals surface area contributed by atoms with Crippen LogP contribution in [0.15, 0.2) is 55.2 Å². The number of aromatic amines is 1. The van der Waals surface area contributed by atoms with Crippen molar-refractivity contribution in [3.63, 3.8) is 0 Å². The number of phenolic OH excluding ortho intramolecular Hbond substituents is 1. The molecule has 0 aliphatic heterocycles. The summed E-state index contributed by atoms with van der Waals surface area (Å²) < 4.78 is 1.95. The third-order valence-electron chi connectivity index (χ3n) is 3.63. The van der Waals surface area contributed by atoms with E-state index in [1.807, 2.05) is 35.3 Å². The molecule has 0 saturated carbocycles. The predicted octanol–water partition coefficient (Wildman–Crippen LogP) is 2.70. The Balaban J connectivity index is 2.07. The zero-order valence-corrected chi connectivity index (χ0v) is 11.6. The smallest absolute Gasteiger partial charge is 0.150 e. The van der Waals surface area contributed by atoms with E-state index in [2.05, 4.69) is 15.0 Å². The van der Waals surface area contributed by atoms with Crippen molar-refractivity contribution in [2.45, 2.75) is 0 Å². The summed E-state index contributed by atoms with van der Waals surface area (Å²) in [4.78, 5) is 11.5. The minimum atomic E-state index is 0.204. The van der Waals surface area contributed by atoms with Gasteiger partial charge in [-0.3, -0.25) is 4.57 Å². The van der Waals surface area contributed by atoms with Crippen LogP contribution in [0.5, 0.6) is 5.75 Å². The molecule has 6 nitrogen and oxygen atoms in total. The van der Waals surface area contributed by atoms with E-state index in [4.69, 9.17) is 5.73 Å². The third kappa shape index (κ3) is 1.81. The molecule has 1 aromatic carbocycles. The molecular weight excluding hydrogens is 278 g/mol. The maximum absolute atomic E-state index is 9.73. The molecule has 0 unspecified atom stereocenters. The summed E-state index contributed by atoms with van der Waals surface area (Å²) in [6.45, 7) is 0. The van der Waals surface area contributed by atoms with Gasteiger partial charge in [0.15, 0.2) is 5.65 Å². The zero-order chi connectivity index (χ0) is 15.1. The molecule has 0 aliphatic rings. The predicted molar refractivity (Wildman–Crippen MR) is 84.7 cm³/mol. The van der Waals surface area contributed by atoms with Crippen LogP contribution in [-0.4, -0.2) is 24.6 Å². The Hall–Kier alpha value is -3.28. The molecule has 108 valence electrons. The Bertz CT molecular complexity index is 956. The number of anilines is 1. The topological polar surface area (TPSA) is 92.8 Å². The summed E-state index contributed by atoms with van der Waals surface area (Å²) in [5, 5.41) is 10.5. The molecular formula is C16H13N5O. The number of nitrogens with zero attached hydrogens (tertiary/aromatic N) is 3. The van der Waals surface area contributed by atoms with Crippen molar-refractivity contribution in [2.24, 2.45) is 0 Å². The Kier molecular flexibility index (Phi) is 2.62. The molecule has 0 aliphatic carbocycles. The van der Waals surface area contributed by atoms with Gasteiger partial charge in [-0.15, -0.1) is 0 Å². The van der Waals surface area contributed by atoms with E-state index in [0.717, 1.165) is 27.8 Å². The molecule has 0 radical (unpaired) electrons. The fourth-order valence-corrected chi connectivity index (χ4v) is 2.64. The fourth-order valence-electron chi connectivity index (χ4n) is 2.64. The van der Waals surface area contributed by atoms with E-state index in [1.54, 1.807) is 18.2 Å². The van der Waals surface area contributed by atoms with Crippen LogP contribution in [0.1, 0.15) is 0 Å². The molecule has 0 saturated heterocycles. The number of fused-ring (bicyclic) bond motifs is 1. The number of H-pyrrole nitrogens is 1. The van der Waals surface area contributed by atoms with Gasteiger partial charge in [0.05, 0.1) is 11.1 Å². The summed E-state index contributed by atoms with van der Waals surface area (Å²) in [6, 6.07) is 8.99. The second-order valence-corrected chi connectivity index (χ2v) is 4.99. The average Bonchev–Trinajstić information content (AvgIpc) is 3.15. The van der Waals surface area contributed by atoms with Crippen LogP contribution >= 0.6 is 0 Å². The van der Waals surface area contributed by atoms with Gasteiger partial charge in [0.25, 0.3) is 0 Å². The lowest BCUT2D eigenvalue weighted by atomic mass is 10.1.